The summed E-state index contributed by atoms with van der Waals surface area (Å²) in [5, 5.41) is 2.68. The summed E-state index contributed by atoms with van der Waals surface area (Å²) in [6.45, 7) is 5.17. The van der Waals surface area contributed by atoms with Crippen LogP contribution in [-0.2, 0) is 14.8 Å². The second kappa shape index (κ2) is 8.03. The summed E-state index contributed by atoms with van der Waals surface area (Å²) in [6, 6.07) is 12.1. The van der Waals surface area contributed by atoms with Gasteiger partial charge in [-0.25, -0.2) is 13.1 Å². The van der Waals surface area contributed by atoms with Crippen LogP contribution in [0.25, 0.3) is 0 Å². The monoisotopic (exact) mass is 378 g/mol. The highest BCUT2D eigenvalue weighted by molar-refractivity contribution is 7.98. The average Bonchev–Trinajstić information content (AvgIpc) is 2.54. The Hall–Kier alpha value is -1.83. The first-order valence-corrected chi connectivity index (χ1v) is 10.5. The molecule has 0 fully saturated rings. The van der Waals surface area contributed by atoms with Crippen LogP contribution in [0.5, 0.6) is 0 Å². The van der Waals surface area contributed by atoms with Gasteiger partial charge in [0.1, 0.15) is 0 Å². The Morgan fingerprint density at radius 3 is 2.32 bits per heavy atom. The fourth-order valence-electron chi connectivity index (χ4n) is 2.37. The standard InChI is InChI=1S/C18H22N2O3S2/c1-12-5-7-15(8-6-12)13(2)20-25(22,23)16-9-10-18(24-4)17(11-16)19-14(3)21/h5-11,13,20H,1-4H3,(H,19,21). The van der Waals surface area contributed by atoms with Crippen molar-refractivity contribution in [3.63, 3.8) is 0 Å². The minimum absolute atomic E-state index is 0.119. The molecule has 25 heavy (non-hydrogen) atoms. The van der Waals surface area contributed by atoms with Crippen molar-refractivity contribution in [2.45, 2.75) is 36.6 Å². The third kappa shape index (κ3) is 5.07. The van der Waals surface area contributed by atoms with Crippen LogP contribution in [0.1, 0.15) is 31.0 Å². The fourth-order valence-corrected chi connectivity index (χ4v) is 4.16. The molecule has 0 spiro atoms. The Morgan fingerprint density at radius 1 is 1.12 bits per heavy atom. The minimum atomic E-state index is -3.71. The highest BCUT2D eigenvalue weighted by atomic mass is 32.2. The molecule has 2 aromatic carbocycles. The van der Waals surface area contributed by atoms with Gasteiger partial charge < -0.3 is 5.32 Å². The SMILES string of the molecule is CSc1ccc(S(=O)(=O)NC(C)c2ccc(C)cc2)cc1NC(C)=O. The van der Waals surface area contributed by atoms with Gasteiger partial charge in [0.05, 0.1) is 10.6 Å². The van der Waals surface area contributed by atoms with Crippen molar-refractivity contribution in [3.8, 4) is 0 Å². The molecule has 0 aliphatic carbocycles. The molecule has 7 heteroatoms. The number of rotatable bonds is 6. The van der Waals surface area contributed by atoms with Crippen LogP contribution in [0.4, 0.5) is 5.69 Å². The smallest absolute Gasteiger partial charge is 0.241 e. The van der Waals surface area contributed by atoms with Crippen LogP contribution >= 0.6 is 11.8 Å². The summed E-state index contributed by atoms with van der Waals surface area (Å²) in [5.74, 6) is -0.245. The summed E-state index contributed by atoms with van der Waals surface area (Å²) in [4.78, 5) is 12.3. The molecule has 0 aromatic heterocycles. The number of sulfonamides is 1. The maximum Gasteiger partial charge on any atom is 0.241 e. The number of carbonyl (C=O) groups is 1. The van der Waals surface area contributed by atoms with Crippen LogP contribution in [0.15, 0.2) is 52.3 Å². The molecule has 0 aliphatic heterocycles. The Bertz CT molecular complexity index is 862. The van der Waals surface area contributed by atoms with Crippen LogP contribution < -0.4 is 10.0 Å². The lowest BCUT2D eigenvalue weighted by atomic mass is 10.1. The van der Waals surface area contributed by atoms with Gasteiger partial charge in [-0.2, -0.15) is 0 Å². The molecule has 0 bridgehead atoms. The normalized spacial score (nSPS) is 12.6. The number of nitrogens with one attached hydrogen (secondary N) is 2. The molecule has 2 aromatic rings. The van der Waals surface area contributed by atoms with E-state index in [1.807, 2.05) is 37.4 Å². The molecule has 5 nitrogen and oxygen atoms in total. The Labute approximate surface area is 153 Å². The predicted molar refractivity (Wildman–Crippen MR) is 102 cm³/mol. The first kappa shape index (κ1) is 19.5. The quantitative estimate of drug-likeness (QED) is 0.751. The molecule has 0 radical (unpaired) electrons. The molecule has 1 atom stereocenters. The van der Waals surface area contributed by atoms with E-state index in [0.717, 1.165) is 16.0 Å². The van der Waals surface area contributed by atoms with E-state index in [0.29, 0.717) is 5.69 Å². The average molecular weight is 379 g/mol. The minimum Gasteiger partial charge on any atom is -0.325 e. The van der Waals surface area contributed by atoms with Crippen molar-refractivity contribution in [1.29, 1.82) is 0 Å². The van der Waals surface area contributed by atoms with Gasteiger partial charge in [-0.1, -0.05) is 29.8 Å². The van der Waals surface area contributed by atoms with E-state index < -0.39 is 10.0 Å². The van der Waals surface area contributed by atoms with Crippen molar-refractivity contribution >= 4 is 33.4 Å². The largest absolute Gasteiger partial charge is 0.325 e. The van der Waals surface area contributed by atoms with Gasteiger partial charge in [0.2, 0.25) is 15.9 Å². The molecule has 0 aliphatic rings. The number of anilines is 1. The highest BCUT2D eigenvalue weighted by Crippen LogP contribution is 2.28. The van der Waals surface area contributed by atoms with Gasteiger partial charge in [-0.05, 0) is 43.9 Å². The Morgan fingerprint density at radius 2 is 1.76 bits per heavy atom. The molecule has 0 saturated carbocycles. The second-order valence-corrected chi connectivity index (χ2v) is 8.36. The number of hydrogen-bond acceptors (Lipinski definition) is 4. The maximum atomic E-state index is 12.7. The Balaban J connectivity index is 2.29. The number of carbonyl (C=O) groups excluding carboxylic acids is 1. The first-order chi connectivity index (χ1) is 11.7. The molecule has 2 N–H and O–H groups in total. The molecule has 1 amide bonds. The van der Waals surface area contributed by atoms with Crippen molar-refractivity contribution in [2.24, 2.45) is 0 Å². The summed E-state index contributed by atoms with van der Waals surface area (Å²) in [7, 11) is -3.71. The van der Waals surface area contributed by atoms with Gasteiger partial charge in [-0.3, -0.25) is 4.79 Å². The van der Waals surface area contributed by atoms with Gasteiger partial charge >= 0.3 is 0 Å². The number of amides is 1. The van der Waals surface area contributed by atoms with Crippen molar-refractivity contribution in [3.05, 3.63) is 53.6 Å². The topological polar surface area (TPSA) is 75.3 Å². The first-order valence-electron chi connectivity index (χ1n) is 7.77. The third-order valence-corrected chi connectivity index (χ3v) is 6.04. The van der Waals surface area contributed by atoms with Crippen molar-refractivity contribution in [1.82, 2.24) is 4.72 Å². The zero-order valence-electron chi connectivity index (χ0n) is 14.7. The van der Waals surface area contributed by atoms with E-state index in [4.69, 9.17) is 0 Å². The molecule has 0 saturated heterocycles. The second-order valence-electron chi connectivity index (χ2n) is 5.80. The summed E-state index contributed by atoms with van der Waals surface area (Å²) in [6.07, 6.45) is 1.87. The van der Waals surface area contributed by atoms with Gasteiger partial charge in [0.15, 0.2) is 0 Å². The molecule has 2 rings (SSSR count). The summed E-state index contributed by atoms with van der Waals surface area (Å²) >= 11 is 1.44. The molecular weight excluding hydrogens is 356 g/mol. The van der Waals surface area contributed by atoms with E-state index in [9.17, 15) is 13.2 Å². The van der Waals surface area contributed by atoms with Crippen LogP contribution in [0, 0.1) is 6.92 Å². The summed E-state index contributed by atoms with van der Waals surface area (Å²) < 4.78 is 28.1. The van der Waals surface area contributed by atoms with Gasteiger partial charge in [0.25, 0.3) is 0 Å². The molecule has 0 heterocycles. The lowest BCUT2D eigenvalue weighted by Gasteiger charge is -2.16. The molecule has 134 valence electrons. The number of benzene rings is 2. The predicted octanol–water partition coefficient (Wildman–Crippen LogP) is 3.71. The zero-order valence-corrected chi connectivity index (χ0v) is 16.3. The molecular formula is C18H22N2O3S2. The van der Waals surface area contributed by atoms with E-state index in [-0.39, 0.29) is 16.8 Å². The fraction of sp³-hybridized carbons (Fsp3) is 0.278. The highest BCUT2D eigenvalue weighted by Gasteiger charge is 2.20. The Kier molecular flexibility index (Phi) is 6.26. The number of aryl methyl sites for hydroxylation is 1. The zero-order chi connectivity index (χ0) is 18.6. The van der Waals surface area contributed by atoms with Crippen LogP contribution in [0.3, 0.4) is 0 Å². The van der Waals surface area contributed by atoms with E-state index in [1.165, 1.54) is 24.8 Å². The van der Waals surface area contributed by atoms with Crippen LogP contribution in [-0.4, -0.2) is 20.6 Å². The lowest BCUT2D eigenvalue weighted by molar-refractivity contribution is -0.114. The third-order valence-electron chi connectivity index (χ3n) is 3.70. The van der Waals surface area contributed by atoms with Gasteiger partial charge in [0, 0.05) is 17.9 Å². The van der Waals surface area contributed by atoms with Crippen molar-refractivity contribution < 1.29 is 13.2 Å². The van der Waals surface area contributed by atoms with Crippen molar-refractivity contribution in [2.75, 3.05) is 11.6 Å². The number of thioether (sulfide) groups is 1. The van der Waals surface area contributed by atoms with E-state index in [1.54, 1.807) is 19.1 Å². The molecule has 1 unspecified atom stereocenters. The van der Waals surface area contributed by atoms with E-state index >= 15 is 0 Å². The van der Waals surface area contributed by atoms with E-state index in [2.05, 4.69) is 10.0 Å². The number of hydrogen-bond donors (Lipinski definition) is 2. The maximum absolute atomic E-state index is 12.7. The van der Waals surface area contributed by atoms with Crippen LogP contribution in [0.2, 0.25) is 0 Å². The van der Waals surface area contributed by atoms with Gasteiger partial charge in [-0.15, -0.1) is 11.8 Å². The lowest BCUT2D eigenvalue weighted by Crippen LogP contribution is -2.27. The summed E-state index contributed by atoms with van der Waals surface area (Å²) in [5.41, 5.74) is 2.49.